The van der Waals surface area contributed by atoms with E-state index in [-0.39, 0.29) is 5.54 Å². The highest BCUT2D eigenvalue weighted by Crippen LogP contribution is 2.36. The van der Waals surface area contributed by atoms with Crippen LogP contribution in [0.1, 0.15) is 32.3 Å². The van der Waals surface area contributed by atoms with Crippen LogP contribution in [0, 0.1) is 0 Å². The summed E-state index contributed by atoms with van der Waals surface area (Å²) in [6, 6.07) is 4.87. The maximum absolute atomic E-state index is 12.1. The summed E-state index contributed by atoms with van der Waals surface area (Å²) >= 11 is 0. The third kappa shape index (κ3) is 2.61. The Kier molecular flexibility index (Phi) is 2.91. The molecule has 0 bridgehead atoms. The molecule has 5 heteroatoms. The first kappa shape index (κ1) is 12.4. The molecule has 17 heavy (non-hydrogen) atoms. The summed E-state index contributed by atoms with van der Waals surface area (Å²) in [5, 5.41) is 0. The number of nitrogens with two attached hydrogens (primary N) is 1. The van der Waals surface area contributed by atoms with E-state index in [0.717, 1.165) is 24.8 Å². The maximum atomic E-state index is 12.1. The SMILES string of the molecule is CCc1cc(S(=O)(=O)NC2(C)CC2)ccc1N. The van der Waals surface area contributed by atoms with Crippen molar-refractivity contribution in [2.45, 2.75) is 43.5 Å². The Hall–Kier alpha value is -1.07. The topological polar surface area (TPSA) is 72.2 Å². The highest BCUT2D eigenvalue weighted by atomic mass is 32.2. The first-order valence-electron chi connectivity index (χ1n) is 5.79. The average Bonchev–Trinajstić information content (AvgIpc) is 2.95. The molecule has 1 aliphatic carbocycles. The number of nitrogens with one attached hydrogen (secondary N) is 1. The van der Waals surface area contributed by atoms with Crippen LogP contribution in [0.15, 0.2) is 23.1 Å². The zero-order valence-electron chi connectivity index (χ0n) is 10.2. The van der Waals surface area contributed by atoms with Gasteiger partial charge in [-0.25, -0.2) is 13.1 Å². The number of hydrogen-bond acceptors (Lipinski definition) is 3. The lowest BCUT2D eigenvalue weighted by Crippen LogP contribution is -2.34. The molecule has 4 nitrogen and oxygen atoms in total. The Morgan fingerprint density at radius 3 is 2.59 bits per heavy atom. The molecule has 2 rings (SSSR count). The second-order valence-corrected chi connectivity index (χ2v) is 6.56. The summed E-state index contributed by atoms with van der Waals surface area (Å²) in [6.07, 6.45) is 2.54. The number of anilines is 1. The molecular weight excluding hydrogens is 236 g/mol. The quantitative estimate of drug-likeness (QED) is 0.803. The van der Waals surface area contributed by atoms with Crippen LogP contribution in [0.25, 0.3) is 0 Å². The summed E-state index contributed by atoms with van der Waals surface area (Å²) in [4.78, 5) is 0.302. The second-order valence-electron chi connectivity index (χ2n) is 4.88. The average molecular weight is 254 g/mol. The van der Waals surface area contributed by atoms with E-state index in [9.17, 15) is 8.42 Å². The number of sulfonamides is 1. The summed E-state index contributed by atoms with van der Waals surface area (Å²) in [5.74, 6) is 0. The number of aryl methyl sites for hydroxylation is 1. The van der Waals surface area contributed by atoms with Gasteiger partial charge in [-0.3, -0.25) is 0 Å². The third-order valence-corrected chi connectivity index (χ3v) is 4.82. The molecule has 1 aliphatic rings. The smallest absolute Gasteiger partial charge is 0.241 e. The fourth-order valence-electron chi connectivity index (χ4n) is 1.73. The standard InChI is InChI=1S/C12H18N2O2S/c1-3-9-8-10(4-5-11(9)13)17(15,16)14-12(2)6-7-12/h4-5,8,14H,3,6-7,13H2,1-2H3. The number of hydrogen-bond donors (Lipinski definition) is 2. The minimum absolute atomic E-state index is 0.243. The maximum Gasteiger partial charge on any atom is 0.241 e. The van der Waals surface area contributed by atoms with E-state index < -0.39 is 10.0 Å². The largest absolute Gasteiger partial charge is 0.399 e. The van der Waals surface area contributed by atoms with Crippen LogP contribution in [0.5, 0.6) is 0 Å². The van der Waals surface area contributed by atoms with Crippen molar-refractivity contribution in [3.63, 3.8) is 0 Å². The van der Waals surface area contributed by atoms with Crippen LogP contribution < -0.4 is 10.5 Å². The molecule has 94 valence electrons. The fourth-order valence-corrected chi connectivity index (χ4v) is 3.24. The Labute approximate surface area is 102 Å². The van der Waals surface area contributed by atoms with Crippen LogP contribution >= 0.6 is 0 Å². The minimum atomic E-state index is -3.41. The molecule has 0 amide bonds. The molecule has 0 radical (unpaired) electrons. The van der Waals surface area contributed by atoms with Gasteiger partial charge in [-0.2, -0.15) is 0 Å². The van der Waals surface area contributed by atoms with Gasteiger partial charge in [-0.1, -0.05) is 6.92 Å². The Morgan fingerprint density at radius 1 is 1.41 bits per heavy atom. The van der Waals surface area contributed by atoms with Gasteiger partial charge in [-0.15, -0.1) is 0 Å². The molecule has 0 spiro atoms. The molecule has 0 atom stereocenters. The van der Waals surface area contributed by atoms with Crippen LogP contribution in [0.3, 0.4) is 0 Å². The molecule has 1 aromatic rings. The van der Waals surface area contributed by atoms with Gasteiger partial charge in [-0.05, 0) is 49.9 Å². The van der Waals surface area contributed by atoms with Crippen LogP contribution in [-0.2, 0) is 16.4 Å². The molecule has 1 saturated carbocycles. The van der Waals surface area contributed by atoms with Gasteiger partial charge in [0.15, 0.2) is 0 Å². The Bertz CT molecular complexity index is 533. The van der Waals surface area contributed by atoms with E-state index in [1.54, 1.807) is 18.2 Å². The van der Waals surface area contributed by atoms with Crippen molar-refractivity contribution in [1.82, 2.24) is 4.72 Å². The lowest BCUT2D eigenvalue weighted by molar-refractivity contribution is 0.558. The van der Waals surface area contributed by atoms with E-state index >= 15 is 0 Å². The van der Waals surface area contributed by atoms with E-state index in [4.69, 9.17) is 5.73 Å². The van der Waals surface area contributed by atoms with Gasteiger partial charge in [0, 0.05) is 11.2 Å². The lowest BCUT2D eigenvalue weighted by Gasteiger charge is -2.13. The second kappa shape index (κ2) is 3.99. The fraction of sp³-hybridized carbons (Fsp3) is 0.500. The van der Waals surface area contributed by atoms with Gasteiger partial charge < -0.3 is 5.73 Å². The molecular formula is C12H18N2O2S. The summed E-state index contributed by atoms with van der Waals surface area (Å²) in [7, 11) is -3.41. The minimum Gasteiger partial charge on any atom is -0.399 e. The highest BCUT2D eigenvalue weighted by molar-refractivity contribution is 7.89. The zero-order valence-corrected chi connectivity index (χ0v) is 11.0. The molecule has 0 heterocycles. The summed E-state index contributed by atoms with van der Waals surface area (Å²) < 4.78 is 27.0. The number of benzene rings is 1. The monoisotopic (exact) mass is 254 g/mol. The van der Waals surface area contributed by atoms with E-state index in [1.165, 1.54) is 0 Å². The molecule has 0 aromatic heterocycles. The molecule has 0 unspecified atom stereocenters. The van der Waals surface area contributed by atoms with Crippen molar-refractivity contribution in [1.29, 1.82) is 0 Å². The predicted molar refractivity (Wildman–Crippen MR) is 68.2 cm³/mol. The lowest BCUT2D eigenvalue weighted by atomic mass is 10.1. The van der Waals surface area contributed by atoms with Crippen LogP contribution in [-0.4, -0.2) is 14.0 Å². The van der Waals surface area contributed by atoms with Crippen molar-refractivity contribution in [2.75, 3.05) is 5.73 Å². The predicted octanol–water partition coefficient (Wildman–Crippen LogP) is 1.66. The van der Waals surface area contributed by atoms with Crippen LogP contribution in [0.2, 0.25) is 0 Å². The molecule has 0 saturated heterocycles. The van der Waals surface area contributed by atoms with E-state index in [2.05, 4.69) is 4.72 Å². The van der Waals surface area contributed by atoms with Gasteiger partial charge in [0.1, 0.15) is 0 Å². The third-order valence-electron chi connectivity index (χ3n) is 3.19. The Balaban J connectivity index is 2.32. The highest BCUT2D eigenvalue weighted by Gasteiger charge is 2.41. The summed E-state index contributed by atoms with van der Waals surface area (Å²) in [5.41, 5.74) is 7.04. The van der Waals surface area contributed by atoms with E-state index in [0.29, 0.717) is 10.6 Å². The van der Waals surface area contributed by atoms with E-state index in [1.807, 2.05) is 13.8 Å². The van der Waals surface area contributed by atoms with Gasteiger partial charge in [0.2, 0.25) is 10.0 Å². The van der Waals surface area contributed by atoms with Crippen molar-refractivity contribution < 1.29 is 8.42 Å². The molecule has 0 aliphatic heterocycles. The van der Waals surface area contributed by atoms with Crippen LogP contribution in [0.4, 0.5) is 5.69 Å². The first-order valence-corrected chi connectivity index (χ1v) is 7.27. The molecule has 1 aromatic carbocycles. The van der Waals surface area contributed by atoms with Crippen molar-refractivity contribution in [3.8, 4) is 0 Å². The van der Waals surface area contributed by atoms with Crippen molar-refractivity contribution in [3.05, 3.63) is 23.8 Å². The normalized spacial score (nSPS) is 18.0. The number of nitrogen functional groups attached to an aromatic ring is 1. The number of rotatable bonds is 4. The zero-order chi connectivity index (χ0) is 12.7. The summed E-state index contributed by atoms with van der Waals surface area (Å²) in [6.45, 7) is 3.88. The van der Waals surface area contributed by atoms with Crippen molar-refractivity contribution >= 4 is 15.7 Å². The molecule has 3 N–H and O–H groups in total. The molecule has 1 fully saturated rings. The van der Waals surface area contributed by atoms with Crippen molar-refractivity contribution in [2.24, 2.45) is 0 Å². The first-order chi connectivity index (χ1) is 7.86. The van der Waals surface area contributed by atoms with Gasteiger partial charge in [0.05, 0.1) is 4.90 Å². The van der Waals surface area contributed by atoms with Gasteiger partial charge >= 0.3 is 0 Å². The Morgan fingerprint density at radius 2 is 2.06 bits per heavy atom. The van der Waals surface area contributed by atoms with Gasteiger partial charge in [0.25, 0.3) is 0 Å².